The van der Waals surface area contributed by atoms with Crippen molar-refractivity contribution in [2.24, 2.45) is 0 Å². The van der Waals surface area contributed by atoms with Crippen LogP contribution in [-0.4, -0.2) is 31.6 Å². The van der Waals surface area contributed by atoms with E-state index in [0.29, 0.717) is 24.6 Å². The molecule has 0 aliphatic rings. The zero-order valence-corrected chi connectivity index (χ0v) is 16.0. The molecule has 2 N–H and O–H groups in total. The number of hydrogen-bond donors (Lipinski definition) is 2. The van der Waals surface area contributed by atoms with E-state index in [-0.39, 0.29) is 24.8 Å². The third-order valence-corrected chi connectivity index (χ3v) is 3.96. The second-order valence-corrected chi connectivity index (χ2v) is 6.16. The monoisotopic (exact) mass is 370 g/mol. The summed E-state index contributed by atoms with van der Waals surface area (Å²) in [6.45, 7) is 6.77. The van der Waals surface area contributed by atoms with Crippen LogP contribution in [0.1, 0.15) is 24.5 Å². The van der Waals surface area contributed by atoms with Gasteiger partial charge in [0, 0.05) is 12.2 Å². The first-order valence-electron chi connectivity index (χ1n) is 8.97. The Kier molecular flexibility index (Phi) is 7.67. The Hall–Kier alpha value is -3.02. The number of aryl methyl sites for hydroxylation is 2. The summed E-state index contributed by atoms with van der Waals surface area (Å²) in [5.74, 6) is 1.03. The van der Waals surface area contributed by atoms with Crippen LogP contribution in [0.3, 0.4) is 0 Å². The Bertz CT molecular complexity index is 772. The normalized spacial score (nSPS) is 10.2. The van der Waals surface area contributed by atoms with Crippen molar-refractivity contribution in [1.82, 2.24) is 5.32 Å². The number of ether oxygens (including phenoxy) is 2. The fraction of sp³-hybridized carbons (Fsp3) is 0.333. The Morgan fingerprint density at radius 3 is 2.26 bits per heavy atom. The highest BCUT2D eigenvalue weighted by molar-refractivity contribution is 5.90. The maximum Gasteiger partial charge on any atom is 0.257 e. The average Bonchev–Trinajstić information content (AvgIpc) is 2.64. The molecule has 0 aromatic heterocycles. The Morgan fingerprint density at radius 2 is 1.59 bits per heavy atom. The summed E-state index contributed by atoms with van der Waals surface area (Å²) in [5, 5.41) is 5.46. The van der Waals surface area contributed by atoms with E-state index >= 15 is 0 Å². The smallest absolute Gasteiger partial charge is 0.257 e. The number of hydrogen-bond acceptors (Lipinski definition) is 4. The number of benzene rings is 2. The van der Waals surface area contributed by atoms with Gasteiger partial charge in [-0.15, -0.1) is 0 Å². The molecule has 0 aliphatic heterocycles. The largest absolute Gasteiger partial charge is 0.493 e. The van der Waals surface area contributed by atoms with Crippen LogP contribution in [0.2, 0.25) is 0 Å². The molecule has 0 heterocycles. The molecule has 0 fully saturated rings. The molecule has 144 valence electrons. The van der Waals surface area contributed by atoms with Crippen molar-refractivity contribution in [3.05, 3.63) is 53.6 Å². The minimum Gasteiger partial charge on any atom is -0.493 e. The first-order valence-corrected chi connectivity index (χ1v) is 8.97. The molecule has 2 aromatic rings. The molecule has 0 radical (unpaired) electrons. The summed E-state index contributed by atoms with van der Waals surface area (Å²) in [7, 11) is 0. The van der Waals surface area contributed by atoms with E-state index in [4.69, 9.17) is 9.47 Å². The third kappa shape index (κ3) is 7.01. The van der Waals surface area contributed by atoms with E-state index in [2.05, 4.69) is 10.6 Å². The van der Waals surface area contributed by atoms with Crippen LogP contribution in [0, 0.1) is 13.8 Å². The molecule has 6 heteroatoms. The van der Waals surface area contributed by atoms with Crippen molar-refractivity contribution in [2.45, 2.75) is 27.2 Å². The van der Waals surface area contributed by atoms with Crippen molar-refractivity contribution >= 4 is 17.5 Å². The van der Waals surface area contributed by atoms with E-state index in [1.807, 2.05) is 39.0 Å². The number of anilines is 1. The predicted molar refractivity (Wildman–Crippen MR) is 105 cm³/mol. The Morgan fingerprint density at radius 1 is 0.889 bits per heavy atom. The van der Waals surface area contributed by atoms with Gasteiger partial charge in [0.2, 0.25) is 5.91 Å². The van der Waals surface area contributed by atoms with Crippen LogP contribution < -0.4 is 20.1 Å². The third-order valence-electron chi connectivity index (χ3n) is 3.96. The first-order chi connectivity index (χ1) is 13.0. The van der Waals surface area contributed by atoms with Crippen molar-refractivity contribution in [3.8, 4) is 11.5 Å². The fourth-order valence-electron chi connectivity index (χ4n) is 2.32. The molecular weight excluding hydrogens is 344 g/mol. The summed E-state index contributed by atoms with van der Waals surface area (Å²) >= 11 is 0. The number of carbonyl (C=O) groups excluding carboxylic acids is 2. The highest BCUT2D eigenvalue weighted by Gasteiger charge is 2.05. The standard InChI is InChI=1S/C21H26N2O4/c1-4-22-21(25)14-27-18-9-6-17(7-10-18)23-20(24)11-12-26-19-8-5-15(2)16(3)13-19/h5-10,13H,4,11-12,14H2,1-3H3,(H,22,25)(H,23,24). The van der Waals surface area contributed by atoms with Gasteiger partial charge in [0.05, 0.1) is 13.0 Å². The van der Waals surface area contributed by atoms with E-state index in [1.165, 1.54) is 5.56 Å². The van der Waals surface area contributed by atoms with Gasteiger partial charge in [-0.3, -0.25) is 9.59 Å². The second kappa shape index (κ2) is 10.2. The molecule has 0 saturated carbocycles. The lowest BCUT2D eigenvalue weighted by molar-refractivity contribution is -0.123. The van der Waals surface area contributed by atoms with Gasteiger partial charge in [-0.2, -0.15) is 0 Å². The van der Waals surface area contributed by atoms with Crippen LogP contribution >= 0.6 is 0 Å². The molecule has 0 aliphatic carbocycles. The Labute approximate surface area is 159 Å². The summed E-state index contributed by atoms with van der Waals surface area (Å²) in [6, 6.07) is 12.7. The first kappa shape index (κ1) is 20.3. The molecule has 6 nitrogen and oxygen atoms in total. The van der Waals surface area contributed by atoms with Crippen molar-refractivity contribution < 1.29 is 19.1 Å². The molecule has 2 amide bonds. The maximum absolute atomic E-state index is 12.0. The number of nitrogens with one attached hydrogen (secondary N) is 2. The summed E-state index contributed by atoms with van der Waals surface area (Å²) in [6.07, 6.45) is 0.252. The van der Waals surface area contributed by atoms with Crippen molar-refractivity contribution in [1.29, 1.82) is 0 Å². The lowest BCUT2D eigenvalue weighted by Gasteiger charge is -2.10. The number of amides is 2. The SMILES string of the molecule is CCNC(=O)COc1ccc(NC(=O)CCOc2ccc(C)c(C)c2)cc1. The predicted octanol–water partition coefficient (Wildman–Crippen LogP) is 3.23. The summed E-state index contributed by atoms with van der Waals surface area (Å²) < 4.78 is 11.0. The lowest BCUT2D eigenvalue weighted by atomic mass is 10.1. The number of likely N-dealkylation sites (N-methyl/N-ethyl adjacent to an activating group) is 1. The lowest BCUT2D eigenvalue weighted by Crippen LogP contribution is -2.28. The molecule has 27 heavy (non-hydrogen) atoms. The molecule has 0 spiro atoms. The van der Waals surface area contributed by atoms with Gasteiger partial charge in [0.1, 0.15) is 11.5 Å². The summed E-state index contributed by atoms with van der Waals surface area (Å²) in [4.78, 5) is 23.4. The van der Waals surface area contributed by atoms with Crippen LogP contribution in [0.15, 0.2) is 42.5 Å². The molecule has 0 unspecified atom stereocenters. The van der Waals surface area contributed by atoms with Crippen molar-refractivity contribution in [2.75, 3.05) is 25.1 Å². The van der Waals surface area contributed by atoms with Crippen LogP contribution in [-0.2, 0) is 9.59 Å². The van der Waals surface area contributed by atoms with Gasteiger partial charge in [-0.05, 0) is 68.3 Å². The van der Waals surface area contributed by atoms with Gasteiger partial charge in [0.25, 0.3) is 5.91 Å². The van der Waals surface area contributed by atoms with Crippen LogP contribution in [0.4, 0.5) is 5.69 Å². The minimum atomic E-state index is -0.168. The van der Waals surface area contributed by atoms with Gasteiger partial charge < -0.3 is 20.1 Å². The van der Waals surface area contributed by atoms with E-state index in [0.717, 1.165) is 11.3 Å². The molecule has 0 bridgehead atoms. The molecule has 2 rings (SSSR count). The van der Waals surface area contributed by atoms with Crippen LogP contribution in [0.25, 0.3) is 0 Å². The zero-order chi connectivity index (χ0) is 19.6. The van der Waals surface area contributed by atoms with Gasteiger partial charge in [-0.1, -0.05) is 6.07 Å². The van der Waals surface area contributed by atoms with E-state index in [9.17, 15) is 9.59 Å². The quantitative estimate of drug-likeness (QED) is 0.711. The molecule has 2 aromatic carbocycles. The highest BCUT2D eigenvalue weighted by Crippen LogP contribution is 2.17. The maximum atomic E-state index is 12.0. The topological polar surface area (TPSA) is 76.7 Å². The van der Waals surface area contributed by atoms with E-state index in [1.54, 1.807) is 24.3 Å². The fourth-order valence-corrected chi connectivity index (χ4v) is 2.32. The van der Waals surface area contributed by atoms with Gasteiger partial charge in [0.15, 0.2) is 6.61 Å². The molecule has 0 saturated heterocycles. The molecular formula is C21H26N2O4. The van der Waals surface area contributed by atoms with Gasteiger partial charge in [-0.25, -0.2) is 0 Å². The number of rotatable bonds is 9. The van der Waals surface area contributed by atoms with Gasteiger partial charge >= 0.3 is 0 Å². The zero-order valence-electron chi connectivity index (χ0n) is 16.0. The molecule has 0 atom stereocenters. The Balaban J connectivity index is 1.73. The average molecular weight is 370 g/mol. The number of carbonyl (C=O) groups is 2. The van der Waals surface area contributed by atoms with E-state index < -0.39 is 0 Å². The second-order valence-electron chi connectivity index (χ2n) is 6.16. The summed E-state index contributed by atoms with van der Waals surface area (Å²) in [5.41, 5.74) is 3.03. The highest BCUT2D eigenvalue weighted by atomic mass is 16.5. The van der Waals surface area contributed by atoms with Crippen LogP contribution in [0.5, 0.6) is 11.5 Å². The minimum absolute atomic E-state index is 0.0324. The van der Waals surface area contributed by atoms with Crippen molar-refractivity contribution in [3.63, 3.8) is 0 Å².